The third-order valence-corrected chi connectivity index (χ3v) is 6.12. The fourth-order valence-corrected chi connectivity index (χ4v) is 4.84. The van der Waals surface area contributed by atoms with Crippen molar-refractivity contribution in [2.24, 2.45) is 5.92 Å². The Morgan fingerprint density at radius 2 is 1.96 bits per heavy atom. The van der Waals surface area contributed by atoms with Gasteiger partial charge in [-0.05, 0) is 36.5 Å². The molecule has 1 N–H and O–H groups in total. The summed E-state index contributed by atoms with van der Waals surface area (Å²) in [5.74, 6) is 0.888. The van der Waals surface area contributed by atoms with Crippen molar-refractivity contribution >= 4 is 16.8 Å². The highest BCUT2D eigenvalue weighted by Gasteiger charge is 2.35. The number of piperidine rings is 1. The van der Waals surface area contributed by atoms with Gasteiger partial charge in [0, 0.05) is 60.8 Å². The second-order valence-electron chi connectivity index (χ2n) is 7.86. The van der Waals surface area contributed by atoms with Crippen molar-refractivity contribution in [2.45, 2.75) is 31.7 Å². The highest BCUT2D eigenvalue weighted by molar-refractivity contribution is 5.84. The van der Waals surface area contributed by atoms with Gasteiger partial charge in [-0.2, -0.15) is 0 Å². The number of benzene rings is 1. The average Bonchev–Trinajstić information content (AvgIpc) is 3.10. The predicted molar refractivity (Wildman–Crippen MR) is 105 cm³/mol. The highest BCUT2D eigenvalue weighted by Crippen LogP contribution is 2.35. The number of aryl methyl sites for hydroxylation is 1. The monoisotopic (exact) mass is 361 g/mol. The molecular formula is C22H23N3O2. The Morgan fingerprint density at radius 3 is 2.89 bits per heavy atom. The molecule has 5 heteroatoms. The average molecular weight is 361 g/mol. The normalized spacial score (nSPS) is 21.3. The number of fused-ring (bicyclic) bond motifs is 5. The SMILES string of the molecule is O=C(CCc1c[nH]c2ccccc12)N1C[C@@H]2C[C@H](C1)c1cccc(=O)n1C2. The van der Waals surface area contributed by atoms with Crippen LogP contribution in [0.25, 0.3) is 10.9 Å². The quantitative estimate of drug-likeness (QED) is 0.780. The van der Waals surface area contributed by atoms with Crippen molar-refractivity contribution in [2.75, 3.05) is 13.1 Å². The predicted octanol–water partition coefficient (Wildman–Crippen LogP) is 2.91. The molecule has 2 aromatic heterocycles. The van der Waals surface area contributed by atoms with Crippen LogP contribution in [0.15, 0.2) is 53.5 Å². The molecule has 1 aromatic carbocycles. The van der Waals surface area contributed by atoms with Gasteiger partial charge in [0.2, 0.25) is 5.91 Å². The summed E-state index contributed by atoms with van der Waals surface area (Å²) in [6, 6.07) is 13.7. The fraction of sp³-hybridized carbons (Fsp3) is 0.364. The van der Waals surface area contributed by atoms with Gasteiger partial charge in [-0.15, -0.1) is 0 Å². The molecule has 0 saturated carbocycles. The largest absolute Gasteiger partial charge is 0.361 e. The molecule has 27 heavy (non-hydrogen) atoms. The van der Waals surface area contributed by atoms with Crippen LogP contribution in [0.5, 0.6) is 0 Å². The summed E-state index contributed by atoms with van der Waals surface area (Å²) >= 11 is 0. The molecule has 5 rings (SSSR count). The molecule has 0 aliphatic carbocycles. The number of hydrogen-bond donors (Lipinski definition) is 1. The van der Waals surface area contributed by atoms with Crippen molar-refractivity contribution in [3.05, 3.63) is 70.3 Å². The number of rotatable bonds is 3. The molecule has 138 valence electrons. The summed E-state index contributed by atoms with van der Waals surface area (Å²) in [5.41, 5.74) is 3.50. The molecule has 1 saturated heterocycles. The molecular weight excluding hydrogens is 338 g/mol. The number of amides is 1. The summed E-state index contributed by atoms with van der Waals surface area (Å²) in [4.78, 5) is 30.3. The van der Waals surface area contributed by atoms with Crippen LogP contribution in [0.1, 0.15) is 30.0 Å². The summed E-state index contributed by atoms with van der Waals surface area (Å²) < 4.78 is 1.91. The van der Waals surface area contributed by atoms with E-state index >= 15 is 0 Å². The maximum atomic E-state index is 12.9. The zero-order chi connectivity index (χ0) is 18.4. The van der Waals surface area contributed by atoms with Crippen LogP contribution in [-0.4, -0.2) is 33.4 Å². The number of H-pyrrole nitrogens is 1. The number of carbonyl (C=O) groups excluding carboxylic acids is 1. The number of nitrogens with one attached hydrogen (secondary N) is 1. The first-order valence-electron chi connectivity index (χ1n) is 9.71. The van der Waals surface area contributed by atoms with Crippen molar-refractivity contribution < 1.29 is 4.79 Å². The van der Waals surface area contributed by atoms with E-state index < -0.39 is 0 Å². The van der Waals surface area contributed by atoms with Crippen LogP contribution >= 0.6 is 0 Å². The Hall–Kier alpha value is -2.82. The lowest BCUT2D eigenvalue weighted by Gasteiger charge is -2.42. The van der Waals surface area contributed by atoms with Gasteiger partial charge >= 0.3 is 0 Å². The number of aromatic amines is 1. The van der Waals surface area contributed by atoms with Gasteiger partial charge in [-0.25, -0.2) is 0 Å². The van der Waals surface area contributed by atoms with Gasteiger partial charge in [0.15, 0.2) is 0 Å². The van der Waals surface area contributed by atoms with Gasteiger partial charge in [0.25, 0.3) is 5.56 Å². The van der Waals surface area contributed by atoms with E-state index in [1.165, 1.54) is 10.9 Å². The molecule has 1 amide bonds. The Morgan fingerprint density at radius 1 is 1.07 bits per heavy atom. The van der Waals surface area contributed by atoms with E-state index in [0.717, 1.165) is 43.7 Å². The number of likely N-dealkylation sites (tertiary alicyclic amines) is 1. The standard InChI is InChI=1S/C22H23N3O2/c26-21(9-8-16-11-23-19-5-2-1-4-18(16)19)24-12-15-10-17(14-24)20-6-3-7-22(27)25(20)13-15/h1-7,11,15,17,23H,8-10,12-14H2/t15-,17+/m0/s1. The fourth-order valence-electron chi connectivity index (χ4n) is 4.84. The van der Waals surface area contributed by atoms with Crippen molar-refractivity contribution in [3.63, 3.8) is 0 Å². The molecule has 2 aliphatic rings. The zero-order valence-corrected chi connectivity index (χ0v) is 15.2. The number of para-hydroxylation sites is 1. The zero-order valence-electron chi connectivity index (χ0n) is 15.2. The summed E-state index contributed by atoms with van der Waals surface area (Å²) in [6.45, 7) is 2.23. The van der Waals surface area contributed by atoms with E-state index in [9.17, 15) is 9.59 Å². The lowest BCUT2D eigenvalue weighted by Crippen LogP contribution is -2.49. The third-order valence-electron chi connectivity index (χ3n) is 6.12. The number of aromatic nitrogens is 2. The van der Waals surface area contributed by atoms with Crippen molar-refractivity contribution in [1.82, 2.24) is 14.5 Å². The molecule has 3 aromatic rings. The van der Waals surface area contributed by atoms with Crippen LogP contribution in [0, 0.1) is 5.92 Å². The van der Waals surface area contributed by atoms with Crippen molar-refractivity contribution in [3.8, 4) is 0 Å². The maximum Gasteiger partial charge on any atom is 0.250 e. The molecule has 4 heterocycles. The van der Waals surface area contributed by atoms with Gasteiger partial charge < -0.3 is 14.5 Å². The Kier molecular flexibility index (Phi) is 3.88. The van der Waals surface area contributed by atoms with Gasteiger partial charge in [0.1, 0.15) is 0 Å². The van der Waals surface area contributed by atoms with Gasteiger partial charge in [0.05, 0.1) is 0 Å². The molecule has 0 radical (unpaired) electrons. The summed E-state index contributed by atoms with van der Waals surface area (Å²) in [5, 5.41) is 1.20. The van der Waals surface area contributed by atoms with E-state index in [1.54, 1.807) is 6.07 Å². The topological polar surface area (TPSA) is 58.1 Å². The lowest BCUT2D eigenvalue weighted by molar-refractivity contribution is -0.133. The third kappa shape index (κ3) is 2.87. The first-order valence-corrected chi connectivity index (χ1v) is 9.71. The number of pyridine rings is 1. The van der Waals surface area contributed by atoms with Crippen molar-refractivity contribution in [1.29, 1.82) is 0 Å². The van der Waals surface area contributed by atoms with Crippen LogP contribution in [0.4, 0.5) is 0 Å². The lowest BCUT2D eigenvalue weighted by atomic mass is 9.83. The smallest absolute Gasteiger partial charge is 0.250 e. The summed E-state index contributed by atoms with van der Waals surface area (Å²) in [6.07, 6.45) is 4.38. The Bertz CT molecular complexity index is 1060. The van der Waals surface area contributed by atoms with E-state index in [0.29, 0.717) is 12.3 Å². The molecule has 0 unspecified atom stereocenters. The number of carbonyl (C=O) groups is 1. The molecule has 0 spiro atoms. The number of nitrogens with zero attached hydrogens (tertiary/aromatic N) is 2. The molecule has 2 atom stereocenters. The van der Waals surface area contributed by atoms with Gasteiger partial charge in [-0.1, -0.05) is 24.3 Å². The van der Waals surface area contributed by atoms with Crippen LogP contribution in [0.2, 0.25) is 0 Å². The Labute approximate surface area is 157 Å². The summed E-state index contributed by atoms with van der Waals surface area (Å²) in [7, 11) is 0. The van der Waals surface area contributed by atoms with E-state index in [1.807, 2.05) is 39.9 Å². The second-order valence-corrected chi connectivity index (χ2v) is 7.86. The Balaban J connectivity index is 1.30. The first kappa shape index (κ1) is 16.4. The minimum absolute atomic E-state index is 0.0845. The molecule has 5 nitrogen and oxygen atoms in total. The first-order chi connectivity index (χ1) is 13.2. The van der Waals surface area contributed by atoms with Crippen LogP contribution in [-0.2, 0) is 17.8 Å². The minimum atomic E-state index is 0.0845. The molecule has 1 fully saturated rings. The maximum absolute atomic E-state index is 12.9. The molecule has 2 aliphatic heterocycles. The van der Waals surface area contributed by atoms with E-state index in [2.05, 4.69) is 17.1 Å². The van der Waals surface area contributed by atoms with E-state index in [-0.39, 0.29) is 17.4 Å². The number of hydrogen-bond acceptors (Lipinski definition) is 2. The molecule has 2 bridgehead atoms. The minimum Gasteiger partial charge on any atom is -0.361 e. The second kappa shape index (κ2) is 6.41. The van der Waals surface area contributed by atoms with Crippen LogP contribution < -0.4 is 5.56 Å². The van der Waals surface area contributed by atoms with Gasteiger partial charge in [-0.3, -0.25) is 9.59 Å². The van der Waals surface area contributed by atoms with E-state index in [4.69, 9.17) is 0 Å². The highest BCUT2D eigenvalue weighted by atomic mass is 16.2. The van der Waals surface area contributed by atoms with Crippen LogP contribution in [0.3, 0.4) is 0 Å².